The van der Waals surface area contributed by atoms with E-state index in [0.717, 1.165) is 43.9 Å². The Kier molecular flexibility index (Phi) is 5.58. The fraction of sp³-hybridized carbons (Fsp3) is 0.588. The predicted molar refractivity (Wildman–Crippen MR) is 87.1 cm³/mol. The lowest BCUT2D eigenvalue weighted by atomic mass is 10.1. The summed E-state index contributed by atoms with van der Waals surface area (Å²) >= 11 is 0. The van der Waals surface area contributed by atoms with Gasteiger partial charge < -0.3 is 9.26 Å². The van der Waals surface area contributed by atoms with Gasteiger partial charge in [-0.1, -0.05) is 24.9 Å². The largest absolute Gasteiger partial charge is 0.477 e. The maximum absolute atomic E-state index is 5.74. The Hall–Kier alpha value is -1.95. The first-order valence-corrected chi connectivity index (χ1v) is 8.50. The van der Waals surface area contributed by atoms with Crippen molar-refractivity contribution in [3.05, 3.63) is 24.2 Å². The van der Waals surface area contributed by atoms with Gasteiger partial charge in [0.25, 0.3) is 5.89 Å². The van der Waals surface area contributed by atoms with Gasteiger partial charge in [-0.3, -0.25) is 4.90 Å². The van der Waals surface area contributed by atoms with Crippen molar-refractivity contribution in [1.29, 1.82) is 0 Å². The fourth-order valence-corrected chi connectivity index (χ4v) is 2.73. The molecule has 0 saturated carbocycles. The molecule has 2 aromatic heterocycles. The molecule has 1 aliphatic heterocycles. The number of hydrogen-bond donors (Lipinski definition) is 0. The SMILES string of the molecule is CCCCOc1ncccc1-c1nc(CN2CCCCC2)no1. The topological polar surface area (TPSA) is 64.3 Å². The standard InChI is InChI=1S/C17H24N4O2/c1-2-3-12-22-16-14(8-7-9-18-16)17-19-15(20-23-17)13-21-10-5-4-6-11-21/h7-9H,2-6,10-13H2,1H3. The summed E-state index contributed by atoms with van der Waals surface area (Å²) in [4.78, 5) is 11.2. The van der Waals surface area contributed by atoms with Gasteiger partial charge in [-0.15, -0.1) is 0 Å². The molecule has 1 aliphatic rings. The number of unbranched alkanes of at least 4 members (excludes halogenated alkanes) is 1. The number of hydrogen-bond acceptors (Lipinski definition) is 6. The second-order valence-corrected chi connectivity index (χ2v) is 5.91. The summed E-state index contributed by atoms with van der Waals surface area (Å²) in [6.07, 6.45) is 7.63. The maximum atomic E-state index is 5.74. The molecule has 0 bridgehead atoms. The number of nitrogens with zero attached hydrogens (tertiary/aromatic N) is 4. The molecule has 6 nitrogen and oxygen atoms in total. The van der Waals surface area contributed by atoms with Crippen LogP contribution >= 0.6 is 0 Å². The van der Waals surface area contributed by atoms with Crippen LogP contribution in [0.4, 0.5) is 0 Å². The van der Waals surface area contributed by atoms with Gasteiger partial charge in [-0.05, 0) is 44.5 Å². The average molecular weight is 316 g/mol. The predicted octanol–water partition coefficient (Wildman–Crippen LogP) is 3.30. The molecular formula is C17H24N4O2. The first-order chi connectivity index (χ1) is 11.4. The number of aromatic nitrogens is 3. The molecule has 3 rings (SSSR count). The van der Waals surface area contributed by atoms with Gasteiger partial charge in [0.05, 0.1) is 13.2 Å². The Morgan fingerprint density at radius 2 is 2.13 bits per heavy atom. The van der Waals surface area contributed by atoms with Gasteiger partial charge >= 0.3 is 0 Å². The highest BCUT2D eigenvalue weighted by Crippen LogP contribution is 2.26. The number of ether oxygens (including phenoxy) is 1. The van der Waals surface area contributed by atoms with Crippen molar-refractivity contribution in [2.75, 3.05) is 19.7 Å². The Morgan fingerprint density at radius 3 is 2.96 bits per heavy atom. The van der Waals surface area contributed by atoms with Crippen molar-refractivity contribution in [2.24, 2.45) is 0 Å². The summed E-state index contributed by atoms with van der Waals surface area (Å²) in [5, 5.41) is 4.11. The van der Waals surface area contributed by atoms with E-state index in [1.807, 2.05) is 12.1 Å². The van der Waals surface area contributed by atoms with E-state index in [9.17, 15) is 0 Å². The van der Waals surface area contributed by atoms with Crippen LogP contribution < -0.4 is 4.74 Å². The van der Waals surface area contributed by atoms with Crippen LogP contribution in [0, 0.1) is 0 Å². The van der Waals surface area contributed by atoms with E-state index in [0.29, 0.717) is 18.4 Å². The van der Waals surface area contributed by atoms with E-state index in [1.165, 1.54) is 19.3 Å². The van der Waals surface area contributed by atoms with E-state index >= 15 is 0 Å². The minimum Gasteiger partial charge on any atom is -0.477 e. The van der Waals surface area contributed by atoms with Crippen LogP contribution in [-0.4, -0.2) is 39.7 Å². The van der Waals surface area contributed by atoms with Crippen LogP contribution in [0.5, 0.6) is 5.88 Å². The molecule has 0 spiro atoms. The van der Waals surface area contributed by atoms with Gasteiger partial charge in [0, 0.05) is 6.20 Å². The van der Waals surface area contributed by atoms with Crippen LogP contribution in [0.3, 0.4) is 0 Å². The van der Waals surface area contributed by atoms with Crippen LogP contribution in [0.1, 0.15) is 44.9 Å². The highest BCUT2D eigenvalue weighted by molar-refractivity contribution is 5.59. The number of likely N-dealkylation sites (tertiary alicyclic amines) is 1. The average Bonchev–Trinajstić information content (AvgIpc) is 3.05. The van der Waals surface area contributed by atoms with E-state index in [4.69, 9.17) is 9.26 Å². The van der Waals surface area contributed by atoms with Crippen molar-refractivity contribution < 1.29 is 9.26 Å². The molecule has 0 radical (unpaired) electrons. The quantitative estimate of drug-likeness (QED) is 0.730. The highest BCUT2D eigenvalue weighted by Gasteiger charge is 2.17. The third kappa shape index (κ3) is 4.28. The van der Waals surface area contributed by atoms with Gasteiger partial charge in [-0.25, -0.2) is 4.98 Å². The Morgan fingerprint density at radius 1 is 1.26 bits per heavy atom. The van der Waals surface area contributed by atoms with Gasteiger partial charge in [0.15, 0.2) is 5.82 Å². The van der Waals surface area contributed by atoms with Gasteiger partial charge in [0.2, 0.25) is 5.88 Å². The number of pyridine rings is 1. The molecular weight excluding hydrogens is 292 g/mol. The first-order valence-electron chi connectivity index (χ1n) is 8.50. The third-order valence-corrected chi connectivity index (χ3v) is 4.02. The lowest BCUT2D eigenvalue weighted by Crippen LogP contribution is -2.29. The molecule has 0 N–H and O–H groups in total. The maximum Gasteiger partial charge on any atom is 0.263 e. The summed E-state index contributed by atoms with van der Waals surface area (Å²) in [7, 11) is 0. The fourth-order valence-electron chi connectivity index (χ4n) is 2.73. The smallest absolute Gasteiger partial charge is 0.263 e. The van der Waals surface area contributed by atoms with E-state index in [1.54, 1.807) is 6.20 Å². The normalized spacial score (nSPS) is 15.7. The van der Waals surface area contributed by atoms with Gasteiger partial charge in [0.1, 0.15) is 5.56 Å². The molecule has 6 heteroatoms. The second kappa shape index (κ2) is 8.06. The molecule has 2 aromatic rings. The minimum absolute atomic E-state index is 0.483. The Bertz CT molecular complexity index is 608. The zero-order chi connectivity index (χ0) is 15.9. The molecule has 23 heavy (non-hydrogen) atoms. The van der Waals surface area contributed by atoms with Crippen molar-refractivity contribution in [2.45, 2.75) is 45.6 Å². The molecule has 3 heterocycles. The van der Waals surface area contributed by atoms with Crippen molar-refractivity contribution in [1.82, 2.24) is 20.0 Å². The zero-order valence-electron chi connectivity index (χ0n) is 13.7. The lowest BCUT2D eigenvalue weighted by molar-refractivity contribution is 0.213. The summed E-state index contributed by atoms with van der Waals surface area (Å²) in [5.41, 5.74) is 0.765. The summed E-state index contributed by atoms with van der Waals surface area (Å²) in [5.74, 6) is 1.77. The number of piperidine rings is 1. The molecule has 0 atom stereocenters. The summed E-state index contributed by atoms with van der Waals surface area (Å²) < 4.78 is 11.2. The minimum atomic E-state index is 0.483. The first kappa shape index (κ1) is 15.9. The van der Waals surface area contributed by atoms with E-state index in [-0.39, 0.29) is 0 Å². The zero-order valence-corrected chi connectivity index (χ0v) is 13.7. The van der Waals surface area contributed by atoms with Crippen molar-refractivity contribution in [3.63, 3.8) is 0 Å². The second-order valence-electron chi connectivity index (χ2n) is 5.91. The van der Waals surface area contributed by atoms with E-state index < -0.39 is 0 Å². The molecule has 0 aliphatic carbocycles. The van der Waals surface area contributed by atoms with Crippen molar-refractivity contribution in [3.8, 4) is 17.3 Å². The van der Waals surface area contributed by atoms with Crippen LogP contribution in [0.2, 0.25) is 0 Å². The Balaban J connectivity index is 1.69. The third-order valence-electron chi connectivity index (χ3n) is 4.02. The van der Waals surface area contributed by atoms with Crippen LogP contribution in [0.15, 0.2) is 22.9 Å². The molecule has 1 saturated heterocycles. The summed E-state index contributed by atoms with van der Waals surface area (Å²) in [6.45, 7) is 5.75. The van der Waals surface area contributed by atoms with Crippen LogP contribution in [0.25, 0.3) is 11.5 Å². The van der Waals surface area contributed by atoms with E-state index in [2.05, 4.69) is 26.9 Å². The van der Waals surface area contributed by atoms with Crippen LogP contribution in [-0.2, 0) is 6.54 Å². The molecule has 0 aromatic carbocycles. The van der Waals surface area contributed by atoms with Crippen molar-refractivity contribution >= 4 is 0 Å². The lowest BCUT2D eigenvalue weighted by Gasteiger charge is -2.24. The molecule has 0 amide bonds. The highest BCUT2D eigenvalue weighted by atomic mass is 16.5. The molecule has 0 unspecified atom stereocenters. The molecule has 1 fully saturated rings. The molecule has 124 valence electrons. The van der Waals surface area contributed by atoms with Gasteiger partial charge in [-0.2, -0.15) is 4.98 Å². The number of rotatable bonds is 7. The summed E-state index contributed by atoms with van der Waals surface area (Å²) in [6, 6.07) is 3.77. The Labute approximate surface area is 136 Å². The monoisotopic (exact) mass is 316 g/mol.